The molecule has 7 nitrogen and oxygen atoms in total. The van der Waals surface area contributed by atoms with Gasteiger partial charge in [0, 0.05) is 11.6 Å². The highest BCUT2D eigenvalue weighted by Crippen LogP contribution is 2.24. The molecule has 0 atom stereocenters. The van der Waals surface area contributed by atoms with E-state index in [1.807, 2.05) is 30.3 Å². The molecular formula is C20H23N3O4. The number of amides is 2. The van der Waals surface area contributed by atoms with E-state index in [2.05, 4.69) is 15.8 Å². The number of carbonyl (C=O) groups is 2. The molecule has 0 heterocycles. The Kier molecular flexibility index (Phi) is 7.37. The van der Waals surface area contributed by atoms with Gasteiger partial charge in [0.2, 0.25) is 5.91 Å². The summed E-state index contributed by atoms with van der Waals surface area (Å²) in [7, 11) is 3.12. The molecule has 0 unspecified atom stereocenters. The number of rotatable bonds is 8. The summed E-state index contributed by atoms with van der Waals surface area (Å²) in [6, 6.07) is 14.6. The van der Waals surface area contributed by atoms with Crippen LogP contribution < -0.4 is 20.2 Å². The number of hydrogen-bond acceptors (Lipinski definition) is 5. The second kappa shape index (κ2) is 9.96. The van der Waals surface area contributed by atoms with E-state index in [1.54, 1.807) is 39.3 Å². The Labute approximate surface area is 158 Å². The van der Waals surface area contributed by atoms with E-state index in [0.29, 0.717) is 17.2 Å². The molecule has 2 aromatic rings. The number of ether oxygens (including phenoxy) is 2. The lowest BCUT2D eigenvalue weighted by molar-refractivity contribution is -0.125. The molecule has 2 amide bonds. The van der Waals surface area contributed by atoms with E-state index in [0.717, 1.165) is 11.1 Å². The Morgan fingerprint density at radius 1 is 1.00 bits per heavy atom. The zero-order valence-electron chi connectivity index (χ0n) is 15.6. The molecule has 2 aromatic carbocycles. The maximum atomic E-state index is 11.9. The Morgan fingerprint density at radius 3 is 2.41 bits per heavy atom. The lowest BCUT2D eigenvalue weighted by Gasteiger charge is -2.10. The summed E-state index contributed by atoms with van der Waals surface area (Å²) in [5.74, 6) is 0.603. The molecule has 0 saturated carbocycles. The van der Waals surface area contributed by atoms with Crippen LogP contribution in [0.5, 0.6) is 11.5 Å². The van der Waals surface area contributed by atoms with Gasteiger partial charge in [-0.15, -0.1) is 0 Å². The van der Waals surface area contributed by atoms with E-state index < -0.39 is 5.91 Å². The second-order valence-electron chi connectivity index (χ2n) is 5.74. The molecule has 0 aliphatic rings. The number of hydrogen-bond donors (Lipinski definition) is 2. The zero-order chi connectivity index (χ0) is 19.6. The highest BCUT2D eigenvalue weighted by Gasteiger charge is 2.09. The smallest absolute Gasteiger partial charge is 0.259 e. The Hall–Kier alpha value is -3.35. The van der Waals surface area contributed by atoms with Gasteiger partial charge in [-0.1, -0.05) is 30.3 Å². The third kappa shape index (κ3) is 6.14. The Morgan fingerprint density at radius 2 is 1.74 bits per heavy atom. The first-order chi connectivity index (χ1) is 13.0. The van der Waals surface area contributed by atoms with Crippen molar-refractivity contribution in [3.05, 3.63) is 59.7 Å². The predicted molar refractivity (Wildman–Crippen MR) is 103 cm³/mol. The van der Waals surface area contributed by atoms with Crippen LogP contribution in [-0.4, -0.2) is 38.3 Å². The maximum absolute atomic E-state index is 11.9. The van der Waals surface area contributed by atoms with Gasteiger partial charge in [0.1, 0.15) is 11.5 Å². The van der Waals surface area contributed by atoms with Crippen molar-refractivity contribution >= 4 is 17.5 Å². The first kappa shape index (κ1) is 20.0. The van der Waals surface area contributed by atoms with Crippen molar-refractivity contribution in [3.63, 3.8) is 0 Å². The molecule has 142 valence electrons. The van der Waals surface area contributed by atoms with Crippen LogP contribution in [0, 0.1) is 0 Å². The number of hydrazone groups is 1. The molecule has 0 aliphatic heterocycles. The SMILES string of the molecule is COc1ccc(/C(C)=N\NC(=O)CNC(=O)Cc2ccccc2)c(OC)c1. The molecule has 7 heteroatoms. The average Bonchev–Trinajstić information content (AvgIpc) is 2.70. The minimum absolute atomic E-state index is 0.151. The Bertz CT molecular complexity index is 819. The van der Waals surface area contributed by atoms with Crippen LogP contribution in [0.15, 0.2) is 53.6 Å². The molecule has 2 N–H and O–H groups in total. The fraction of sp³-hybridized carbons (Fsp3) is 0.250. The minimum Gasteiger partial charge on any atom is -0.497 e. The van der Waals surface area contributed by atoms with E-state index in [-0.39, 0.29) is 18.9 Å². The standard InChI is InChI=1S/C20H23N3O4/c1-14(17-10-9-16(26-2)12-18(17)27-3)22-23-20(25)13-21-19(24)11-15-7-5-4-6-8-15/h4-10,12H,11,13H2,1-3H3,(H,21,24)(H,23,25)/b22-14-. The lowest BCUT2D eigenvalue weighted by atomic mass is 10.1. The highest BCUT2D eigenvalue weighted by molar-refractivity contribution is 6.01. The zero-order valence-corrected chi connectivity index (χ0v) is 15.6. The van der Waals surface area contributed by atoms with Crippen molar-refractivity contribution < 1.29 is 19.1 Å². The topological polar surface area (TPSA) is 89.0 Å². The molecule has 0 radical (unpaired) electrons. The number of methoxy groups -OCH3 is 2. The second-order valence-corrected chi connectivity index (χ2v) is 5.74. The highest BCUT2D eigenvalue weighted by atomic mass is 16.5. The number of nitrogens with zero attached hydrogens (tertiary/aromatic N) is 1. The van der Waals surface area contributed by atoms with Crippen LogP contribution >= 0.6 is 0 Å². The van der Waals surface area contributed by atoms with Gasteiger partial charge in [0.25, 0.3) is 5.91 Å². The van der Waals surface area contributed by atoms with Gasteiger partial charge >= 0.3 is 0 Å². The molecule has 0 fully saturated rings. The van der Waals surface area contributed by atoms with Crippen LogP contribution in [-0.2, 0) is 16.0 Å². The van der Waals surface area contributed by atoms with Crippen LogP contribution in [0.3, 0.4) is 0 Å². The Balaban J connectivity index is 1.87. The van der Waals surface area contributed by atoms with Gasteiger partial charge in [0.05, 0.1) is 32.9 Å². The van der Waals surface area contributed by atoms with Crippen LogP contribution in [0.4, 0.5) is 0 Å². The number of carbonyl (C=O) groups excluding carboxylic acids is 2. The first-order valence-electron chi connectivity index (χ1n) is 8.39. The summed E-state index contributed by atoms with van der Waals surface area (Å²) in [6.45, 7) is 1.60. The van der Waals surface area contributed by atoms with Crippen molar-refractivity contribution in [3.8, 4) is 11.5 Å². The fourth-order valence-corrected chi connectivity index (χ4v) is 2.37. The van der Waals surface area contributed by atoms with Crippen molar-refractivity contribution in [1.82, 2.24) is 10.7 Å². The monoisotopic (exact) mass is 369 g/mol. The molecule has 0 spiro atoms. The van der Waals surface area contributed by atoms with Crippen molar-refractivity contribution in [2.75, 3.05) is 20.8 Å². The van der Waals surface area contributed by atoms with Crippen LogP contribution in [0.2, 0.25) is 0 Å². The molecule has 0 aromatic heterocycles. The normalized spacial score (nSPS) is 10.9. The van der Waals surface area contributed by atoms with Crippen molar-refractivity contribution in [2.45, 2.75) is 13.3 Å². The van der Waals surface area contributed by atoms with E-state index >= 15 is 0 Å². The van der Waals surface area contributed by atoms with Gasteiger partial charge in [-0.3, -0.25) is 9.59 Å². The molecule has 27 heavy (non-hydrogen) atoms. The molecule has 2 rings (SSSR count). The predicted octanol–water partition coefficient (Wildman–Crippen LogP) is 1.90. The molecule has 0 bridgehead atoms. The fourth-order valence-electron chi connectivity index (χ4n) is 2.37. The summed E-state index contributed by atoms with van der Waals surface area (Å²) in [4.78, 5) is 23.8. The average molecular weight is 369 g/mol. The van der Waals surface area contributed by atoms with Gasteiger partial charge in [-0.05, 0) is 24.6 Å². The van der Waals surface area contributed by atoms with Gasteiger partial charge < -0.3 is 14.8 Å². The largest absolute Gasteiger partial charge is 0.497 e. The molecular weight excluding hydrogens is 346 g/mol. The van der Waals surface area contributed by atoms with E-state index in [1.165, 1.54) is 0 Å². The maximum Gasteiger partial charge on any atom is 0.259 e. The van der Waals surface area contributed by atoms with Crippen LogP contribution in [0.25, 0.3) is 0 Å². The van der Waals surface area contributed by atoms with Gasteiger partial charge in [-0.25, -0.2) is 5.43 Å². The number of nitrogens with one attached hydrogen (secondary N) is 2. The van der Waals surface area contributed by atoms with Gasteiger partial charge in [-0.2, -0.15) is 5.10 Å². The lowest BCUT2D eigenvalue weighted by Crippen LogP contribution is -2.36. The van der Waals surface area contributed by atoms with E-state index in [9.17, 15) is 9.59 Å². The first-order valence-corrected chi connectivity index (χ1v) is 8.39. The minimum atomic E-state index is -0.414. The number of benzene rings is 2. The summed E-state index contributed by atoms with van der Waals surface area (Å²) in [5.41, 5.74) is 4.61. The quantitative estimate of drug-likeness (QED) is 0.549. The summed E-state index contributed by atoms with van der Waals surface area (Å²) in [6.07, 6.45) is 0.222. The van der Waals surface area contributed by atoms with Crippen molar-refractivity contribution in [1.29, 1.82) is 0 Å². The summed E-state index contributed by atoms with van der Waals surface area (Å²) >= 11 is 0. The van der Waals surface area contributed by atoms with Crippen LogP contribution in [0.1, 0.15) is 18.1 Å². The summed E-state index contributed by atoms with van der Waals surface area (Å²) < 4.78 is 10.5. The van der Waals surface area contributed by atoms with E-state index in [4.69, 9.17) is 9.47 Å². The molecule has 0 aliphatic carbocycles. The molecule has 0 saturated heterocycles. The third-order valence-corrected chi connectivity index (χ3v) is 3.80. The van der Waals surface area contributed by atoms with Crippen molar-refractivity contribution in [2.24, 2.45) is 5.10 Å². The van der Waals surface area contributed by atoms with Gasteiger partial charge in [0.15, 0.2) is 0 Å². The summed E-state index contributed by atoms with van der Waals surface area (Å²) in [5, 5.41) is 6.64. The third-order valence-electron chi connectivity index (χ3n) is 3.80.